The Hall–Kier alpha value is -2.56. The zero-order valence-electron chi connectivity index (χ0n) is 12.1. The predicted molar refractivity (Wildman–Crippen MR) is 79.8 cm³/mol. The lowest BCUT2D eigenvalue weighted by Gasteiger charge is -2.26. The Morgan fingerprint density at radius 3 is 2.95 bits per heavy atom. The summed E-state index contributed by atoms with van der Waals surface area (Å²) >= 11 is 0. The summed E-state index contributed by atoms with van der Waals surface area (Å²) in [7, 11) is 1.52. The second kappa shape index (κ2) is 6.05. The number of ether oxygens (including phenoxy) is 2. The average molecular weight is 301 g/mol. The summed E-state index contributed by atoms with van der Waals surface area (Å²) < 4.78 is 24.0. The van der Waals surface area contributed by atoms with Gasteiger partial charge < -0.3 is 14.8 Å². The fourth-order valence-electron chi connectivity index (χ4n) is 2.55. The monoisotopic (exact) mass is 301 g/mol. The molecule has 0 aromatic heterocycles. The lowest BCUT2D eigenvalue weighted by molar-refractivity contribution is 0.0912. The van der Waals surface area contributed by atoms with E-state index in [2.05, 4.69) is 5.32 Å². The number of para-hydroxylation sites is 1. The Morgan fingerprint density at radius 2 is 2.14 bits per heavy atom. The van der Waals surface area contributed by atoms with Gasteiger partial charge in [0.05, 0.1) is 18.7 Å². The van der Waals surface area contributed by atoms with Gasteiger partial charge in [0.2, 0.25) is 0 Å². The number of methoxy groups -OCH3 is 1. The SMILES string of the molecule is COc1ccccc1C(=O)NC1COc2ccc(F)cc2C1. The van der Waals surface area contributed by atoms with Crippen molar-refractivity contribution in [1.29, 1.82) is 0 Å². The molecule has 4 nitrogen and oxygen atoms in total. The second-order valence-corrected chi connectivity index (χ2v) is 5.14. The third kappa shape index (κ3) is 2.88. The summed E-state index contributed by atoms with van der Waals surface area (Å²) in [5.41, 5.74) is 1.23. The number of benzene rings is 2. The minimum atomic E-state index is -0.306. The van der Waals surface area contributed by atoms with Gasteiger partial charge in [-0.1, -0.05) is 12.1 Å². The highest BCUT2D eigenvalue weighted by molar-refractivity contribution is 5.97. The van der Waals surface area contributed by atoms with Crippen molar-refractivity contribution in [2.45, 2.75) is 12.5 Å². The van der Waals surface area contributed by atoms with Crippen LogP contribution in [-0.4, -0.2) is 25.7 Å². The zero-order chi connectivity index (χ0) is 15.5. The summed E-state index contributed by atoms with van der Waals surface area (Å²) in [5.74, 6) is 0.650. The van der Waals surface area contributed by atoms with E-state index in [1.165, 1.54) is 19.2 Å². The van der Waals surface area contributed by atoms with E-state index < -0.39 is 0 Å². The topological polar surface area (TPSA) is 47.6 Å². The molecule has 0 bridgehead atoms. The Bertz CT molecular complexity index is 702. The van der Waals surface area contributed by atoms with Crippen LogP contribution >= 0.6 is 0 Å². The Kier molecular flexibility index (Phi) is 3.96. The van der Waals surface area contributed by atoms with E-state index in [4.69, 9.17) is 9.47 Å². The number of carbonyl (C=O) groups excluding carboxylic acids is 1. The highest BCUT2D eigenvalue weighted by Gasteiger charge is 2.23. The Labute approximate surface area is 127 Å². The fourth-order valence-corrected chi connectivity index (χ4v) is 2.55. The normalized spacial score (nSPS) is 16.4. The third-order valence-corrected chi connectivity index (χ3v) is 3.62. The van der Waals surface area contributed by atoms with Crippen molar-refractivity contribution >= 4 is 5.91 Å². The van der Waals surface area contributed by atoms with Gasteiger partial charge in [-0.2, -0.15) is 0 Å². The Balaban J connectivity index is 1.73. The predicted octanol–water partition coefficient (Wildman–Crippen LogP) is 2.57. The minimum absolute atomic E-state index is 0.202. The van der Waals surface area contributed by atoms with E-state index in [0.717, 1.165) is 5.56 Å². The molecule has 2 aromatic carbocycles. The fraction of sp³-hybridized carbons (Fsp3) is 0.235. The van der Waals surface area contributed by atoms with E-state index in [-0.39, 0.29) is 17.8 Å². The van der Waals surface area contributed by atoms with Gasteiger partial charge in [-0.25, -0.2) is 4.39 Å². The molecule has 1 N–H and O–H groups in total. The third-order valence-electron chi connectivity index (χ3n) is 3.62. The van der Waals surface area contributed by atoms with Crippen LogP contribution in [0.15, 0.2) is 42.5 Å². The first-order valence-corrected chi connectivity index (χ1v) is 7.02. The van der Waals surface area contributed by atoms with Gasteiger partial charge >= 0.3 is 0 Å². The first-order valence-electron chi connectivity index (χ1n) is 7.02. The summed E-state index contributed by atoms with van der Waals surface area (Å²) in [5, 5.41) is 2.90. The van der Waals surface area contributed by atoms with Gasteiger partial charge in [0.15, 0.2) is 0 Å². The molecule has 1 heterocycles. The number of rotatable bonds is 3. The molecule has 0 aliphatic carbocycles. The Morgan fingerprint density at radius 1 is 1.32 bits per heavy atom. The second-order valence-electron chi connectivity index (χ2n) is 5.14. The van der Waals surface area contributed by atoms with Gasteiger partial charge in [0.1, 0.15) is 23.9 Å². The molecule has 22 heavy (non-hydrogen) atoms. The molecule has 0 spiro atoms. The quantitative estimate of drug-likeness (QED) is 0.948. The molecule has 2 aromatic rings. The van der Waals surface area contributed by atoms with E-state index in [1.807, 2.05) is 0 Å². The van der Waals surface area contributed by atoms with Crippen LogP contribution in [0.2, 0.25) is 0 Å². The first-order chi connectivity index (χ1) is 10.7. The van der Waals surface area contributed by atoms with Gasteiger partial charge in [-0.05, 0) is 42.3 Å². The smallest absolute Gasteiger partial charge is 0.255 e. The van der Waals surface area contributed by atoms with Gasteiger partial charge in [0, 0.05) is 0 Å². The molecule has 0 saturated carbocycles. The number of carbonyl (C=O) groups is 1. The van der Waals surface area contributed by atoms with E-state index in [1.54, 1.807) is 30.3 Å². The first kappa shape index (κ1) is 14.4. The molecule has 3 rings (SSSR count). The van der Waals surface area contributed by atoms with Crippen LogP contribution < -0.4 is 14.8 Å². The highest BCUT2D eigenvalue weighted by atomic mass is 19.1. The van der Waals surface area contributed by atoms with Gasteiger partial charge in [-0.15, -0.1) is 0 Å². The molecule has 0 fully saturated rings. The maximum absolute atomic E-state index is 13.3. The summed E-state index contributed by atoms with van der Waals surface area (Å²) in [6.45, 7) is 0.361. The average Bonchev–Trinajstić information content (AvgIpc) is 2.54. The van der Waals surface area contributed by atoms with Crippen molar-refractivity contribution in [3.8, 4) is 11.5 Å². The van der Waals surface area contributed by atoms with E-state index >= 15 is 0 Å². The highest BCUT2D eigenvalue weighted by Crippen LogP contribution is 2.26. The van der Waals surface area contributed by atoms with Crippen LogP contribution in [0.1, 0.15) is 15.9 Å². The number of hydrogen-bond donors (Lipinski definition) is 1. The van der Waals surface area contributed by atoms with E-state index in [9.17, 15) is 9.18 Å². The number of halogens is 1. The van der Waals surface area contributed by atoms with Gasteiger partial charge in [-0.3, -0.25) is 4.79 Å². The summed E-state index contributed by atoms with van der Waals surface area (Å²) in [6, 6.07) is 11.2. The summed E-state index contributed by atoms with van der Waals surface area (Å²) in [6.07, 6.45) is 0.536. The van der Waals surface area contributed by atoms with Crippen molar-refractivity contribution in [3.05, 3.63) is 59.4 Å². The molecular formula is C17H16FNO3. The van der Waals surface area contributed by atoms with E-state index in [0.29, 0.717) is 30.1 Å². The van der Waals surface area contributed by atoms with Crippen LogP contribution in [0, 0.1) is 5.82 Å². The number of amides is 1. The molecule has 1 aliphatic heterocycles. The molecule has 1 unspecified atom stereocenters. The van der Waals surface area contributed by atoms with Crippen LogP contribution in [0.25, 0.3) is 0 Å². The molecule has 0 saturated heterocycles. The zero-order valence-corrected chi connectivity index (χ0v) is 12.1. The standard InChI is InChI=1S/C17H16FNO3/c1-21-16-5-3-2-4-14(16)17(20)19-13-9-11-8-12(18)6-7-15(11)22-10-13/h2-8,13H,9-10H2,1H3,(H,19,20). The van der Waals surface area contributed by atoms with Crippen LogP contribution in [0.4, 0.5) is 4.39 Å². The molecule has 1 atom stereocenters. The number of hydrogen-bond acceptors (Lipinski definition) is 3. The maximum Gasteiger partial charge on any atom is 0.255 e. The minimum Gasteiger partial charge on any atom is -0.496 e. The van der Waals surface area contributed by atoms with Crippen LogP contribution in [-0.2, 0) is 6.42 Å². The van der Waals surface area contributed by atoms with Crippen molar-refractivity contribution < 1.29 is 18.7 Å². The van der Waals surface area contributed by atoms with Crippen molar-refractivity contribution in [1.82, 2.24) is 5.32 Å². The molecule has 1 amide bonds. The molecule has 5 heteroatoms. The van der Waals surface area contributed by atoms with Crippen LogP contribution in [0.3, 0.4) is 0 Å². The number of nitrogens with one attached hydrogen (secondary N) is 1. The van der Waals surface area contributed by atoms with Gasteiger partial charge in [0.25, 0.3) is 5.91 Å². The summed E-state index contributed by atoms with van der Waals surface area (Å²) in [4.78, 5) is 12.4. The lowest BCUT2D eigenvalue weighted by Crippen LogP contribution is -2.42. The largest absolute Gasteiger partial charge is 0.496 e. The molecule has 1 aliphatic rings. The maximum atomic E-state index is 13.3. The van der Waals surface area contributed by atoms with Crippen LogP contribution in [0.5, 0.6) is 11.5 Å². The molecule has 0 radical (unpaired) electrons. The number of fused-ring (bicyclic) bond motifs is 1. The molecular weight excluding hydrogens is 285 g/mol. The van der Waals surface area contributed by atoms with Crippen molar-refractivity contribution in [2.75, 3.05) is 13.7 Å². The lowest BCUT2D eigenvalue weighted by atomic mass is 10.0. The van der Waals surface area contributed by atoms with Crippen molar-refractivity contribution in [3.63, 3.8) is 0 Å². The molecule has 114 valence electrons. The van der Waals surface area contributed by atoms with Crippen molar-refractivity contribution in [2.24, 2.45) is 0 Å².